The summed E-state index contributed by atoms with van der Waals surface area (Å²) in [5.74, 6) is -0.385. The molecule has 0 saturated heterocycles. The van der Waals surface area contributed by atoms with Crippen LogP contribution >= 0.6 is 11.6 Å². The van der Waals surface area contributed by atoms with E-state index in [2.05, 4.69) is 25.8 Å². The molecule has 2 rings (SSSR count). The molecule has 2 nitrogen and oxygen atoms in total. The minimum absolute atomic E-state index is 0.208. The van der Waals surface area contributed by atoms with Crippen molar-refractivity contribution in [3.8, 4) is 0 Å². The van der Waals surface area contributed by atoms with Crippen molar-refractivity contribution in [1.29, 1.82) is 0 Å². The molecular formula is C15H19ClF2N2. The number of nitrogens with zero attached hydrogens (tertiary/aromatic N) is 2. The van der Waals surface area contributed by atoms with Gasteiger partial charge in [0.1, 0.15) is 11.3 Å². The summed E-state index contributed by atoms with van der Waals surface area (Å²) < 4.78 is 29.3. The molecule has 1 heterocycles. The van der Waals surface area contributed by atoms with Gasteiger partial charge < -0.3 is 4.57 Å². The number of alkyl halides is 1. The molecule has 20 heavy (non-hydrogen) atoms. The quantitative estimate of drug-likeness (QED) is 0.734. The minimum Gasteiger partial charge on any atom is -0.324 e. The third kappa shape index (κ3) is 2.66. The molecule has 0 saturated carbocycles. The summed E-state index contributed by atoms with van der Waals surface area (Å²) in [7, 11) is 0. The van der Waals surface area contributed by atoms with E-state index in [4.69, 9.17) is 11.6 Å². The zero-order valence-corrected chi connectivity index (χ0v) is 12.9. The van der Waals surface area contributed by atoms with Gasteiger partial charge in [-0.25, -0.2) is 13.8 Å². The summed E-state index contributed by atoms with van der Waals surface area (Å²) in [6.07, 6.45) is 0. The van der Waals surface area contributed by atoms with Crippen LogP contribution in [0.4, 0.5) is 8.78 Å². The Morgan fingerprint density at radius 3 is 2.40 bits per heavy atom. The SMILES string of the molecule is CC(Cl)c1nc2ccc(F)c(F)c2n1CC(C)C(C)C. The monoisotopic (exact) mass is 300 g/mol. The molecule has 2 unspecified atom stereocenters. The van der Waals surface area contributed by atoms with Crippen LogP contribution < -0.4 is 0 Å². The normalized spacial score (nSPS) is 15.0. The average molecular weight is 301 g/mol. The van der Waals surface area contributed by atoms with Gasteiger partial charge in [-0.05, 0) is 30.9 Å². The van der Waals surface area contributed by atoms with Crippen LogP contribution in [0.3, 0.4) is 0 Å². The molecule has 2 aromatic rings. The van der Waals surface area contributed by atoms with Gasteiger partial charge in [0, 0.05) is 6.54 Å². The van der Waals surface area contributed by atoms with E-state index in [1.54, 1.807) is 11.5 Å². The summed E-state index contributed by atoms with van der Waals surface area (Å²) in [4.78, 5) is 4.35. The lowest BCUT2D eigenvalue weighted by molar-refractivity contribution is 0.362. The molecule has 0 spiro atoms. The predicted molar refractivity (Wildman–Crippen MR) is 77.9 cm³/mol. The van der Waals surface area contributed by atoms with Crippen molar-refractivity contribution in [3.05, 3.63) is 29.6 Å². The Morgan fingerprint density at radius 1 is 1.20 bits per heavy atom. The number of aromatic nitrogens is 2. The maximum absolute atomic E-state index is 14.1. The number of fused-ring (bicyclic) bond motifs is 1. The first-order valence-electron chi connectivity index (χ1n) is 6.81. The van der Waals surface area contributed by atoms with E-state index in [0.717, 1.165) is 6.07 Å². The molecular weight excluding hydrogens is 282 g/mol. The zero-order valence-electron chi connectivity index (χ0n) is 12.1. The van der Waals surface area contributed by atoms with Crippen LogP contribution in [-0.4, -0.2) is 9.55 Å². The van der Waals surface area contributed by atoms with Crippen molar-refractivity contribution in [2.24, 2.45) is 11.8 Å². The van der Waals surface area contributed by atoms with Crippen LogP contribution in [0.5, 0.6) is 0 Å². The van der Waals surface area contributed by atoms with Gasteiger partial charge in [-0.1, -0.05) is 20.8 Å². The van der Waals surface area contributed by atoms with E-state index < -0.39 is 11.6 Å². The molecule has 5 heteroatoms. The van der Waals surface area contributed by atoms with Crippen LogP contribution in [0.2, 0.25) is 0 Å². The zero-order chi connectivity index (χ0) is 15.0. The smallest absolute Gasteiger partial charge is 0.184 e. The Morgan fingerprint density at radius 2 is 1.85 bits per heavy atom. The first-order chi connectivity index (χ1) is 9.32. The number of hydrogen-bond acceptors (Lipinski definition) is 1. The van der Waals surface area contributed by atoms with E-state index in [1.165, 1.54) is 6.07 Å². The van der Waals surface area contributed by atoms with Crippen molar-refractivity contribution in [1.82, 2.24) is 9.55 Å². The second-order valence-corrected chi connectivity index (χ2v) is 6.30. The van der Waals surface area contributed by atoms with Crippen LogP contribution in [-0.2, 0) is 6.54 Å². The lowest BCUT2D eigenvalue weighted by Gasteiger charge is -2.19. The van der Waals surface area contributed by atoms with Gasteiger partial charge in [0.15, 0.2) is 11.6 Å². The van der Waals surface area contributed by atoms with Gasteiger partial charge >= 0.3 is 0 Å². The van der Waals surface area contributed by atoms with Crippen molar-refractivity contribution in [2.75, 3.05) is 0 Å². The van der Waals surface area contributed by atoms with Crippen molar-refractivity contribution in [3.63, 3.8) is 0 Å². The van der Waals surface area contributed by atoms with E-state index in [9.17, 15) is 8.78 Å². The van der Waals surface area contributed by atoms with E-state index in [1.807, 2.05) is 0 Å². The molecule has 0 aliphatic carbocycles. The van der Waals surface area contributed by atoms with Gasteiger partial charge in [0.25, 0.3) is 0 Å². The summed E-state index contributed by atoms with van der Waals surface area (Å²) in [6.45, 7) is 8.64. The fourth-order valence-corrected chi connectivity index (χ4v) is 2.33. The summed E-state index contributed by atoms with van der Waals surface area (Å²) in [5, 5.41) is -0.357. The Hall–Kier alpha value is -1.16. The Bertz CT molecular complexity index is 620. The van der Waals surface area contributed by atoms with E-state index >= 15 is 0 Å². The third-order valence-electron chi connectivity index (χ3n) is 3.79. The second-order valence-electron chi connectivity index (χ2n) is 5.65. The number of benzene rings is 1. The molecule has 110 valence electrons. The largest absolute Gasteiger partial charge is 0.324 e. The van der Waals surface area contributed by atoms with Gasteiger partial charge in [-0.3, -0.25) is 0 Å². The number of rotatable bonds is 4. The van der Waals surface area contributed by atoms with E-state index in [-0.39, 0.29) is 10.9 Å². The summed E-state index contributed by atoms with van der Waals surface area (Å²) in [6, 6.07) is 2.59. The van der Waals surface area contributed by atoms with Crippen LogP contribution in [0, 0.1) is 23.5 Å². The molecule has 0 radical (unpaired) electrons. The highest BCUT2D eigenvalue weighted by Crippen LogP contribution is 2.29. The number of imidazole rings is 1. The summed E-state index contributed by atoms with van der Waals surface area (Å²) in [5.41, 5.74) is 0.655. The first kappa shape index (κ1) is 15.2. The average Bonchev–Trinajstić information content (AvgIpc) is 2.73. The highest BCUT2D eigenvalue weighted by molar-refractivity contribution is 6.20. The number of halogens is 3. The molecule has 0 aliphatic rings. The lowest BCUT2D eigenvalue weighted by atomic mass is 9.98. The highest BCUT2D eigenvalue weighted by Gasteiger charge is 2.21. The molecule has 1 aromatic heterocycles. The fourth-order valence-electron chi connectivity index (χ4n) is 2.16. The molecule has 0 fully saturated rings. The topological polar surface area (TPSA) is 17.8 Å². The summed E-state index contributed by atoms with van der Waals surface area (Å²) >= 11 is 6.14. The van der Waals surface area contributed by atoms with Crippen LogP contribution in [0.15, 0.2) is 12.1 Å². The first-order valence-corrected chi connectivity index (χ1v) is 7.24. The maximum Gasteiger partial charge on any atom is 0.184 e. The Labute approximate surface area is 122 Å². The van der Waals surface area contributed by atoms with Crippen molar-refractivity contribution in [2.45, 2.75) is 39.6 Å². The van der Waals surface area contributed by atoms with Crippen molar-refractivity contribution >= 4 is 22.6 Å². The fraction of sp³-hybridized carbons (Fsp3) is 0.533. The molecule has 0 bridgehead atoms. The molecule has 1 aromatic carbocycles. The lowest BCUT2D eigenvalue weighted by Crippen LogP contribution is -2.16. The van der Waals surface area contributed by atoms with Crippen LogP contribution in [0.25, 0.3) is 11.0 Å². The molecule has 0 aliphatic heterocycles. The minimum atomic E-state index is -0.857. The maximum atomic E-state index is 14.1. The highest BCUT2D eigenvalue weighted by atomic mass is 35.5. The van der Waals surface area contributed by atoms with Gasteiger partial charge in [-0.2, -0.15) is 0 Å². The molecule has 0 N–H and O–H groups in total. The van der Waals surface area contributed by atoms with Gasteiger partial charge in [0.05, 0.1) is 10.9 Å². The molecule has 0 amide bonds. The Balaban J connectivity index is 2.64. The predicted octanol–water partition coefficient (Wildman–Crippen LogP) is 4.91. The van der Waals surface area contributed by atoms with Gasteiger partial charge in [0.2, 0.25) is 0 Å². The third-order valence-corrected chi connectivity index (χ3v) is 3.99. The van der Waals surface area contributed by atoms with Gasteiger partial charge in [-0.15, -0.1) is 11.6 Å². The second kappa shape index (κ2) is 5.68. The Kier molecular flexibility index (Phi) is 4.33. The number of hydrogen-bond donors (Lipinski definition) is 0. The van der Waals surface area contributed by atoms with Crippen molar-refractivity contribution < 1.29 is 8.78 Å². The van der Waals surface area contributed by atoms with Crippen LogP contribution in [0.1, 0.15) is 38.9 Å². The molecule has 2 atom stereocenters. The standard InChI is InChI=1S/C15H19ClF2N2/c1-8(2)9(3)7-20-14-12(19-15(20)10(4)16)6-5-11(17)13(14)18/h5-6,8-10H,7H2,1-4H3. The van der Waals surface area contributed by atoms with E-state index in [0.29, 0.717) is 29.7 Å².